The van der Waals surface area contributed by atoms with Gasteiger partial charge in [-0.2, -0.15) is 0 Å². The molecule has 0 atom stereocenters. The first kappa shape index (κ1) is 18.2. The molecule has 2 aromatic carbocycles. The van der Waals surface area contributed by atoms with Crippen LogP contribution in [0.3, 0.4) is 0 Å². The molecule has 1 aliphatic rings. The van der Waals surface area contributed by atoms with Gasteiger partial charge < -0.3 is 14.5 Å². The number of carbonyl (C=O) groups is 2. The Labute approximate surface area is 159 Å². The average molecular weight is 385 g/mol. The lowest BCUT2D eigenvalue weighted by Gasteiger charge is -2.07. The van der Waals surface area contributed by atoms with E-state index in [1.54, 1.807) is 0 Å². The van der Waals surface area contributed by atoms with Crippen molar-refractivity contribution >= 4 is 28.5 Å². The molecule has 3 aromatic rings. The van der Waals surface area contributed by atoms with Crippen molar-refractivity contribution in [2.75, 3.05) is 11.9 Å². The Morgan fingerprint density at radius 1 is 1.11 bits per heavy atom. The standard InChI is InChI=1S/C21H17F2NO4/c22-15-4-5-17(23)18(9-15)24-20(25)11-28-21(26)8-14-10-27-19-7-13-3-1-2-12(13)6-16(14)19/h4-7,9-10H,1-3,8,11H2,(H,24,25). The maximum Gasteiger partial charge on any atom is 0.310 e. The van der Waals surface area contributed by atoms with Crippen LogP contribution in [0.25, 0.3) is 11.0 Å². The highest BCUT2D eigenvalue weighted by molar-refractivity contribution is 5.93. The number of amides is 1. The minimum absolute atomic E-state index is 0.0482. The highest BCUT2D eigenvalue weighted by atomic mass is 19.1. The molecule has 5 nitrogen and oxygen atoms in total. The monoisotopic (exact) mass is 385 g/mol. The van der Waals surface area contributed by atoms with Gasteiger partial charge in [-0.25, -0.2) is 8.78 Å². The second-order valence-electron chi connectivity index (χ2n) is 6.74. The van der Waals surface area contributed by atoms with Gasteiger partial charge in [0.1, 0.15) is 17.2 Å². The topological polar surface area (TPSA) is 68.5 Å². The highest BCUT2D eigenvalue weighted by Gasteiger charge is 2.18. The number of carbonyl (C=O) groups excluding carboxylic acids is 2. The second kappa shape index (κ2) is 7.42. The van der Waals surface area contributed by atoms with Gasteiger partial charge in [0.05, 0.1) is 18.4 Å². The fourth-order valence-electron chi connectivity index (χ4n) is 3.42. The van der Waals surface area contributed by atoms with Crippen LogP contribution in [-0.2, 0) is 33.6 Å². The van der Waals surface area contributed by atoms with E-state index in [1.807, 2.05) is 12.1 Å². The van der Waals surface area contributed by atoms with Gasteiger partial charge in [-0.15, -0.1) is 0 Å². The molecule has 0 bridgehead atoms. The normalized spacial score (nSPS) is 12.8. The van der Waals surface area contributed by atoms with Crippen molar-refractivity contribution in [2.45, 2.75) is 25.7 Å². The van der Waals surface area contributed by atoms with Crippen LogP contribution < -0.4 is 5.32 Å². The number of halogens is 2. The number of furan rings is 1. The third kappa shape index (κ3) is 3.74. The second-order valence-corrected chi connectivity index (χ2v) is 6.74. The summed E-state index contributed by atoms with van der Waals surface area (Å²) in [4.78, 5) is 23.9. The zero-order valence-corrected chi connectivity index (χ0v) is 14.9. The highest BCUT2D eigenvalue weighted by Crippen LogP contribution is 2.30. The number of anilines is 1. The van der Waals surface area contributed by atoms with Crippen LogP contribution in [0.1, 0.15) is 23.1 Å². The largest absolute Gasteiger partial charge is 0.464 e. The van der Waals surface area contributed by atoms with E-state index in [0.717, 1.165) is 48.4 Å². The Morgan fingerprint density at radius 3 is 2.71 bits per heavy atom. The van der Waals surface area contributed by atoms with Gasteiger partial charge in [-0.05, 0) is 54.7 Å². The van der Waals surface area contributed by atoms with Crippen molar-refractivity contribution in [3.05, 3.63) is 64.9 Å². The van der Waals surface area contributed by atoms with Crippen molar-refractivity contribution < 1.29 is 27.5 Å². The smallest absolute Gasteiger partial charge is 0.310 e. The van der Waals surface area contributed by atoms with Gasteiger partial charge in [-0.3, -0.25) is 9.59 Å². The van der Waals surface area contributed by atoms with Crippen LogP contribution >= 0.6 is 0 Å². The van der Waals surface area contributed by atoms with Crippen LogP contribution in [0.5, 0.6) is 0 Å². The number of aryl methyl sites for hydroxylation is 2. The number of nitrogens with one attached hydrogen (secondary N) is 1. The molecule has 7 heteroatoms. The third-order valence-electron chi connectivity index (χ3n) is 4.77. The third-order valence-corrected chi connectivity index (χ3v) is 4.77. The molecular formula is C21H17F2NO4. The molecule has 0 unspecified atom stereocenters. The first-order valence-electron chi connectivity index (χ1n) is 8.92. The molecule has 0 saturated carbocycles. The van der Waals surface area contributed by atoms with Crippen LogP contribution in [-0.4, -0.2) is 18.5 Å². The van der Waals surface area contributed by atoms with Crippen molar-refractivity contribution in [1.29, 1.82) is 0 Å². The van der Waals surface area contributed by atoms with Gasteiger partial charge >= 0.3 is 5.97 Å². The van der Waals surface area contributed by atoms with Gasteiger partial charge in [0.2, 0.25) is 0 Å². The lowest BCUT2D eigenvalue weighted by atomic mass is 10.0. The first-order valence-corrected chi connectivity index (χ1v) is 8.92. The number of benzene rings is 2. The lowest BCUT2D eigenvalue weighted by molar-refractivity contribution is -0.146. The van der Waals surface area contributed by atoms with Gasteiger partial charge in [-0.1, -0.05) is 0 Å². The molecule has 0 spiro atoms. The molecule has 0 fully saturated rings. The lowest BCUT2D eigenvalue weighted by Crippen LogP contribution is -2.22. The molecule has 4 rings (SSSR count). The van der Waals surface area contributed by atoms with Crippen molar-refractivity contribution in [3.63, 3.8) is 0 Å². The molecule has 0 radical (unpaired) electrons. The maximum atomic E-state index is 13.5. The summed E-state index contributed by atoms with van der Waals surface area (Å²) in [5.74, 6) is -2.84. The van der Waals surface area contributed by atoms with Gasteiger partial charge in [0.15, 0.2) is 6.61 Å². The minimum atomic E-state index is -0.779. The molecule has 0 aliphatic heterocycles. The van der Waals surface area contributed by atoms with Crippen molar-refractivity contribution in [2.24, 2.45) is 0 Å². The fraction of sp³-hybridized carbons (Fsp3) is 0.238. The van der Waals surface area contributed by atoms with E-state index < -0.39 is 30.1 Å². The predicted molar refractivity (Wildman–Crippen MR) is 97.9 cm³/mol. The Hall–Kier alpha value is -3.22. The Balaban J connectivity index is 1.36. The van der Waals surface area contributed by atoms with Gasteiger partial charge in [0, 0.05) is 17.0 Å². The van der Waals surface area contributed by atoms with Gasteiger partial charge in [0.25, 0.3) is 5.91 Å². The van der Waals surface area contributed by atoms with Crippen LogP contribution in [0.2, 0.25) is 0 Å². The summed E-state index contributed by atoms with van der Waals surface area (Å²) >= 11 is 0. The zero-order valence-electron chi connectivity index (χ0n) is 14.9. The van der Waals surface area contributed by atoms with E-state index in [0.29, 0.717) is 5.56 Å². The molecule has 1 aliphatic carbocycles. The Bertz CT molecular complexity index is 1070. The molecule has 144 valence electrons. The molecule has 1 aromatic heterocycles. The summed E-state index contributed by atoms with van der Waals surface area (Å²) in [6.07, 6.45) is 4.62. The number of rotatable bonds is 5. The number of hydrogen-bond acceptors (Lipinski definition) is 4. The van der Waals surface area contributed by atoms with E-state index in [2.05, 4.69) is 5.32 Å². The summed E-state index contributed by atoms with van der Waals surface area (Å²) in [6, 6.07) is 6.75. The van der Waals surface area contributed by atoms with E-state index in [4.69, 9.17) is 9.15 Å². The van der Waals surface area contributed by atoms with Crippen molar-refractivity contribution in [3.8, 4) is 0 Å². The molecule has 1 heterocycles. The molecule has 1 amide bonds. The zero-order chi connectivity index (χ0) is 19.7. The number of ether oxygens (including phenoxy) is 1. The number of hydrogen-bond donors (Lipinski definition) is 1. The number of esters is 1. The average Bonchev–Trinajstić information content (AvgIpc) is 3.28. The van der Waals surface area contributed by atoms with E-state index in [1.165, 1.54) is 17.4 Å². The Morgan fingerprint density at radius 2 is 1.89 bits per heavy atom. The quantitative estimate of drug-likeness (QED) is 0.676. The first-order chi connectivity index (χ1) is 13.5. The predicted octanol–water partition coefficient (Wildman–Crippen LogP) is 3.92. The summed E-state index contributed by atoms with van der Waals surface area (Å²) in [5, 5.41) is 3.04. The Kier molecular flexibility index (Phi) is 4.81. The maximum absolute atomic E-state index is 13.5. The van der Waals surface area contributed by atoms with Crippen molar-refractivity contribution in [1.82, 2.24) is 0 Å². The molecule has 28 heavy (non-hydrogen) atoms. The molecule has 1 N–H and O–H groups in total. The van der Waals surface area contributed by atoms with E-state index >= 15 is 0 Å². The molecular weight excluding hydrogens is 368 g/mol. The summed E-state index contributed by atoms with van der Waals surface area (Å²) in [5.41, 5.74) is 3.64. The van der Waals surface area contributed by atoms with E-state index in [-0.39, 0.29) is 12.1 Å². The summed E-state index contributed by atoms with van der Waals surface area (Å²) < 4.78 is 37.1. The van der Waals surface area contributed by atoms with Crippen LogP contribution in [0, 0.1) is 11.6 Å². The van der Waals surface area contributed by atoms with Crippen LogP contribution in [0.4, 0.5) is 14.5 Å². The van der Waals surface area contributed by atoms with Crippen LogP contribution in [0.15, 0.2) is 41.0 Å². The molecule has 0 saturated heterocycles. The van der Waals surface area contributed by atoms with E-state index in [9.17, 15) is 18.4 Å². The SMILES string of the molecule is O=C(COC(=O)Cc1coc2cc3c(cc12)CCC3)Nc1cc(F)ccc1F. The fourth-order valence-corrected chi connectivity index (χ4v) is 3.42. The minimum Gasteiger partial charge on any atom is -0.464 e. The summed E-state index contributed by atoms with van der Waals surface area (Å²) in [6.45, 7) is -0.597. The summed E-state index contributed by atoms with van der Waals surface area (Å²) in [7, 11) is 0. The number of fused-ring (bicyclic) bond motifs is 2.